The number of carbonyl (C=O) groups is 1. The molecule has 9 nitrogen and oxygen atoms in total. The van der Waals surface area contributed by atoms with Crippen LogP contribution < -0.4 is 24.4 Å². The molecule has 1 aromatic heterocycles. The zero-order chi connectivity index (χ0) is 17.8. The molecule has 1 saturated heterocycles. The van der Waals surface area contributed by atoms with Gasteiger partial charge >= 0.3 is 0 Å². The standard InChI is InChI=1S/C17H18N4O5/c22-17(9-24-12-1-2-13-14(7-12)26-11-25-13)20-15-8-16(19-10-18-15)21-3-5-23-6-4-21/h1-2,7-8,10H,3-6,9,11H2,(H,18,19,20,22). The maximum Gasteiger partial charge on any atom is 0.263 e. The maximum absolute atomic E-state index is 12.1. The smallest absolute Gasteiger partial charge is 0.263 e. The first-order chi connectivity index (χ1) is 12.8. The molecule has 1 fully saturated rings. The van der Waals surface area contributed by atoms with Gasteiger partial charge in [-0.3, -0.25) is 4.79 Å². The molecule has 1 amide bonds. The maximum atomic E-state index is 12.1. The Morgan fingerprint density at radius 1 is 1.15 bits per heavy atom. The average Bonchev–Trinajstić information content (AvgIpc) is 3.15. The third-order valence-electron chi connectivity index (χ3n) is 3.97. The molecule has 0 radical (unpaired) electrons. The van der Waals surface area contributed by atoms with Crippen molar-refractivity contribution >= 4 is 17.5 Å². The second-order valence-corrected chi connectivity index (χ2v) is 5.71. The van der Waals surface area contributed by atoms with Gasteiger partial charge < -0.3 is 29.2 Å². The first kappa shape index (κ1) is 16.4. The minimum atomic E-state index is -0.311. The number of aromatic nitrogens is 2. The molecule has 2 aromatic rings. The van der Waals surface area contributed by atoms with Crippen LogP contribution in [0.5, 0.6) is 17.2 Å². The van der Waals surface area contributed by atoms with Crippen LogP contribution in [-0.4, -0.2) is 55.6 Å². The molecule has 1 aromatic carbocycles. The topological polar surface area (TPSA) is 95.0 Å². The van der Waals surface area contributed by atoms with E-state index in [0.29, 0.717) is 36.3 Å². The Balaban J connectivity index is 1.33. The van der Waals surface area contributed by atoms with Gasteiger partial charge in [-0.05, 0) is 12.1 Å². The van der Waals surface area contributed by atoms with Crippen molar-refractivity contribution < 1.29 is 23.7 Å². The lowest BCUT2D eigenvalue weighted by molar-refractivity contribution is -0.118. The highest BCUT2D eigenvalue weighted by Crippen LogP contribution is 2.35. The molecule has 2 aliphatic heterocycles. The summed E-state index contributed by atoms with van der Waals surface area (Å²) in [6, 6.07) is 6.90. The van der Waals surface area contributed by atoms with Gasteiger partial charge in [0.2, 0.25) is 6.79 Å². The lowest BCUT2D eigenvalue weighted by Gasteiger charge is -2.27. The molecule has 1 N–H and O–H groups in total. The molecule has 9 heteroatoms. The monoisotopic (exact) mass is 358 g/mol. The van der Waals surface area contributed by atoms with Gasteiger partial charge in [0.25, 0.3) is 5.91 Å². The summed E-state index contributed by atoms with van der Waals surface area (Å²) >= 11 is 0. The third-order valence-corrected chi connectivity index (χ3v) is 3.97. The summed E-state index contributed by atoms with van der Waals surface area (Å²) < 4.78 is 21.3. The number of hydrogen-bond donors (Lipinski definition) is 1. The van der Waals surface area contributed by atoms with Gasteiger partial charge in [0.15, 0.2) is 18.1 Å². The molecule has 136 valence electrons. The molecule has 0 aliphatic carbocycles. The van der Waals surface area contributed by atoms with Crippen LogP contribution in [-0.2, 0) is 9.53 Å². The van der Waals surface area contributed by atoms with Gasteiger partial charge in [0.1, 0.15) is 23.7 Å². The van der Waals surface area contributed by atoms with Gasteiger partial charge in [0.05, 0.1) is 13.2 Å². The van der Waals surface area contributed by atoms with Crippen LogP contribution in [0.1, 0.15) is 0 Å². The number of nitrogens with zero attached hydrogens (tertiary/aromatic N) is 3. The zero-order valence-electron chi connectivity index (χ0n) is 14.0. The Labute approximate surface area is 149 Å². The van der Waals surface area contributed by atoms with E-state index in [9.17, 15) is 4.79 Å². The molecule has 2 aliphatic rings. The van der Waals surface area contributed by atoms with E-state index in [-0.39, 0.29) is 19.3 Å². The van der Waals surface area contributed by atoms with Crippen LogP contribution in [0.3, 0.4) is 0 Å². The van der Waals surface area contributed by atoms with Crippen molar-refractivity contribution in [2.45, 2.75) is 0 Å². The Morgan fingerprint density at radius 3 is 2.88 bits per heavy atom. The number of anilines is 2. The molecule has 26 heavy (non-hydrogen) atoms. The minimum Gasteiger partial charge on any atom is -0.484 e. The number of amides is 1. The van der Waals surface area contributed by atoms with Crippen LogP contribution in [0.15, 0.2) is 30.6 Å². The summed E-state index contributed by atoms with van der Waals surface area (Å²) in [5, 5.41) is 2.72. The summed E-state index contributed by atoms with van der Waals surface area (Å²) in [4.78, 5) is 22.5. The molecule has 0 unspecified atom stereocenters. The fourth-order valence-corrected chi connectivity index (χ4v) is 2.68. The van der Waals surface area contributed by atoms with E-state index in [2.05, 4.69) is 20.2 Å². The summed E-state index contributed by atoms with van der Waals surface area (Å²) in [6.45, 7) is 2.90. The first-order valence-corrected chi connectivity index (χ1v) is 8.25. The number of rotatable bonds is 5. The quantitative estimate of drug-likeness (QED) is 0.848. The van der Waals surface area contributed by atoms with Crippen molar-refractivity contribution in [3.63, 3.8) is 0 Å². The Kier molecular flexibility index (Phi) is 4.69. The summed E-state index contributed by atoms with van der Waals surface area (Å²) in [6.07, 6.45) is 1.43. The average molecular weight is 358 g/mol. The van der Waals surface area contributed by atoms with Crippen molar-refractivity contribution in [2.24, 2.45) is 0 Å². The molecule has 0 atom stereocenters. The normalized spacial score (nSPS) is 15.6. The third kappa shape index (κ3) is 3.77. The van der Waals surface area contributed by atoms with E-state index in [1.165, 1.54) is 6.33 Å². The molecule has 0 bridgehead atoms. The van der Waals surface area contributed by atoms with E-state index in [0.717, 1.165) is 18.9 Å². The van der Waals surface area contributed by atoms with E-state index < -0.39 is 0 Å². The van der Waals surface area contributed by atoms with E-state index in [1.54, 1.807) is 24.3 Å². The number of morpholine rings is 1. The molecular weight excluding hydrogens is 340 g/mol. The molecule has 4 rings (SSSR count). The minimum absolute atomic E-state index is 0.142. The fourth-order valence-electron chi connectivity index (χ4n) is 2.68. The van der Waals surface area contributed by atoms with Gasteiger partial charge in [-0.25, -0.2) is 9.97 Å². The van der Waals surface area contributed by atoms with Gasteiger partial charge in [-0.1, -0.05) is 0 Å². The predicted molar refractivity (Wildman–Crippen MR) is 91.8 cm³/mol. The number of nitrogens with one attached hydrogen (secondary N) is 1. The van der Waals surface area contributed by atoms with Crippen LogP contribution >= 0.6 is 0 Å². The van der Waals surface area contributed by atoms with Gasteiger partial charge in [0, 0.05) is 25.2 Å². The lowest BCUT2D eigenvalue weighted by atomic mass is 10.3. The second-order valence-electron chi connectivity index (χ2n) is 5.71. The molecule has 0 saturated carbocycles. The van der Waals surface area contributed by atoms with Crippen molar-refractivity contribution in [3.05, 3.63) is 30.6 Å². The van der Waals surface area contributed by atoms with Crippen LogP contribution in [0.4, 0.5) is 11.6 Å². The largest absolute Gasteiger partial charge is 0.484 e. The Morgan fingerprint density at radius 2 is 2.00 bits per heavy atom. The van der Waals surface area contributed by atoms with E-state index in [1.807, 2.05) is 0 Å². The number of fused-ring (bicyclic) bond motifs is 1. The Hall–Kier alpha value is -3.07. The number of ether oxygens (including phenoxy) is 4. The van der Waals surface area contributed by atoms with E-state index in [4.69, 9.17) is 18.9 Å². The first-order valence-electron chi connectivity index (χ1n) is 8.25. The molecular formula is C17H18N4O5. The van der Waals surface area contributed by atoms with E-state index >= 15 is 0 Å². The predicted octanol–water partition coefficient (Wildman–Crippen LogP) is 1.06. The summed E-state index contributed by atoms with van der Waals surface area (Å²) in [5.74, 6) is 2.68. The zero-order valence-corrected chi connectivity index (χ0v) is 14.0. The Bertz CT molecular complexity index is 794. The SMILES string of the molecule is O=C(COc1ccc2c(c1)OCO2)Nc1cc(N2CCOCC2)ncn1. The number of carbonyl (C=O) groups excluding carboxylic acids is 1. The number of hydrogen-bond acceptors (Lipinski definition) is 8. The summed E-state index contributed by atoms with van der Waals surface area (Å²) in [5.41, 5.74) is 0. The highest BCUT2D eigenvalue weighted by atomic mass is 16.7. The van der Waals surface area contributed by atoms with Gasteiger partial charge in [-0.2, -0.15) is 0 Å². The molecule has 3 heterocycles. The van der Waals surface area contributed by atoms with Crippen molar-refractivity contribution in [1.29, 1.82) is 0 Å². The summed E-state index contributed by atoms with van der Waals surface area (Å²) in [7, 11) is 0. The fraction of sp³-hybridized carbons (Fsp3) is 0.353. The lowest BCUT2D eigenvalue weighted by Crippen LogP contribution is -2.36. The van der Waals surface area contributed by atoms with Crippen molar-refractivity contribution in [1.82, 2.24) is 9.97 Å². The van der Waals surface area contributed by atoms with Crippen LogP contribution in [0, 0.1) is 0 Å². The highest BCUT2D eigenvalue weighted by Gasteiger charge is 2.15. The van der Waals surface area contributed by atoms with Crippen LogP contribution in [0.2, 0.25) is 0 Å². The van der Waals surface area contributed by atoms with Gasteiger partial charge in [-0.15, -0.1) is 0 Å². The second kappa shape index (κ2) is 7.44. The van der Waals surface area contributed by atoms with Crippen LogP contribution in [0.25, 0.3) is 0 Å². The molecule has 0 spiro atoms. The van der Waals surface area contributed by atoms with Crippen molar-refractivity contribution in [3.8, 4) is 17.2 Å². The number of benzene rings is 1. The highest BCUT2D eigenvalue weighted by molar-refractivity contribution is 5.91. The van der Waals surface area contributed by atoms with Crippen molar-refractivity contribution in [2.75, 3.05) is 49.9 Å².